The van der Waals surface area contributed by atoms with Crippen molar-refractivity contribution in [3.8, 4) is 23.0 Å². The van der Waals surface area contributed by atoms with Crippen LogP contribution in [0.15, 0.2) is 116 Å². The van der Waals surface area contributed by atoms with Gasteiger partial charge in [0.15, 0.2) is 28.5 Å². The molecule has 3 heterocycles. The standard InChI is InChI=1S/C41H36N6O7S/c1-25-43-41(54-46-25)28-8-6-7-27(17-28)22-47(23-30-21-42-24-55-30)16-15-26-11-13-29(14-12-26)44-39(49)32-18-36(51-2)37(52-3)19-33(32)45-40(50)38-20-34(48)31-9-4-5-10-35(31)53-38/h4-14,17-21,24H,15-16,22-23H2,1-3H3,(H,44,49)(H,45,50). The molecular weight excluding hydrogens is 721 g/mol. The Bertz CT molecular complexity index is 2510. The van der Waals surface area contributed by atoms with Gasteiger partial charge in [-0.25, -0.2) is 0 Å². The van der Waals surface area contributed by atoms with E-state index in [2.05, 4.69) is 42.8 Å². The molecule has 0 spiro atoms. The summed E-state index contributed by atoms with van der Waals surface area (Å²) in [6, 6.07) is 26.4. The smallest absolute Gasteiger partial charge is 0.291 e. The molecule has 0 aliphatic heterocycles. The third-order valence-electron chi connectivity index (χ3n) is 8.77. The molecule has 0 saturated carbocycles. The molecule has 7 aromatic rings. The van der Waals surface area contributed by atoms with E-state index in [-0.39, 0.29) is 39.5 Å². The monoisotopic (exact) mass is 756 g/mol. The van der Waals surface area contributed by atoms with Crippen molar-refractivity contribution < 1.29 is 28.0 Å². The number of nitrogens with one attached hydrogen (secondary N) is 2. The van der Waals surface area contributed by atoms with Gasteiger partial charge in [0.25, 0.3) is 17.7 Å². The van der Waals surface area contributed by atoms with Crippen molar-refractivity contribution in [2.75, 3.05) is 31.4 Å². The van der Waals surface area contributed by atoms with Crippen molar-refractivity contribution in [1.29, 1.82) is 0 Å². The third-order valence-corrected chi connectivity index (χ3v) is 9.54. The lowest BCUT2D eigenvalue weighted by Crippen LogP contribution is -2.25. The average Bonchev–Trinajstić information content (AvgIpc) is 3.89. The summed E-state index contributed by atoms with van der Waals surface area (Å²) in [4.78, 5) is 51.9. The summed E-state index contributed by atoms with van der Waals surface area (Å²) >= 11 is 1.62. The van der Waals surface area contributed by atoms with Crippen LogP contribution in [0.2, 0.25) is 0 Å². The van der Waals surface area contributed by atoms with E-state index >= 15 is 0 Å². The summed E-state index contributed by atoms with van der Waals surface area (Å²) in [6.07, 6.45) is 2.65. The van der Waals surface area contributed by atoms with Crippen molar-refractivity contribution in [3.63, 3.8) is 0 Å². The summed E-state index contributed by atoms with van der Waals surface area (Å²) in [5.74, 6) is 0.226. The number of amides is 2. The van der Waals surface area contributed by atoms with Crippen LogP contribution in [0.25, 0.3) is 22.4 Å². The molecule has 0 atom stereocenters. The highest BCUT2D eigenvalue weighted by Crippen LogP contribution is 2.34. The molecule has 14 heteroatoms. The second-order valence-corrected chi connectivity index (χ2v) is 13.6. The number of carbonyl (C=O) groups excluding carboxylic acids is 2. The summed E-state index contributed by atoms with van der Waals surface area (Å²) in [7, 11) is 2.90. The minimum atomic E-state index is -0.715. The quantitative estimate of drug-likeness (QED) is 0.114. The van der Waals surface area contributed by atoms with Crippen molar-refractivity contribution in [3.05, 3.63) is 146 Å². The van der Waals surface area contributed by atoms with Gasteiger partial charge < -0.3 is 29.0 Å². The van der Waals surface area contributed by atoms with Gasteiger partial charge in [0.2, 0.25) is 0 Å². The van der Waals surface area contributed by atoms with Gasteiger partial charge in [0.1, 0.15) is 5.58 Å². The number of rotatable bonds is 14. The minimum Gasteiger partial charge on any atom is -0.493 e. The van der Waals surface area contributed by atoms with Crippen LogP contribution >= 0.6 is 11.3 Å². The number of methoxy groups -OCH3 is 2. The zero-order chi connectivity index (χ0) is 38.3. The molecule has 55 heavy (non-hydrogen) atoms. The van der Waals surface area contributed by atoms with E-state index in [9.17, 15) is 14.4 Å². The van der Waals surface area contributed by atoms with E-state index in [0.717, 1.165) is 47.1 Å². The first-order valence-corrected chi connectivity index (χ1v) is 18.1. The maximum Gasteiger partial charge on any atom is 0.291 e. The zero-order valence-electron chi connectivity index (χ0n) is 30.2. The molecule has 0 unspecified atom stereocenters. The van der Waals surface area contributed by atoms with Crippen LogP contribution in [0, 0.1) is 6.92 Å². The number of benzene rings is 4. The largest absolute Gasteiger partial charge is 0.493 e. The number of aromatic nitrogens is 3. The van der Waals surface area contributed by atoms with Crippen LogP contribution in [-0.4, -0.2) is 52.6 Å². The molecule has 0 fully saturated rings. The number of carbonyl (C=O) groups is 2. The van der Waals surface area contributed by atoms with E-state index in [0.29, 0.717) is 29.3 Å². The van der Waals surface area contributed by atoms with E-state index in [4.69, 9.17) is 18.4 Å². The first-order chi connectivity index (χ1) is 26.8. The second kappa shape index (κ2) is 16.6. The number of thiazole rings is 1. The Morgan fingerprint density at radius 1 is 0.855 bits per heavy atom. The molecule has 278 valence electrons. The Kier molecular flexibility index (Phi) is 11.1. The van der Waals surface area contributed by atoms with Gasteiger partial charge in [-0.2, -0.15) is 4.98 Å². The molecule has 0 aliphatic carbocycles. The van der Waals surface area contributed by atoms with Crippen LogP contribution in [0.3, 0.4) is 0 Å². The van der Waals surface area contributed by atoms with Gasteiger partial charge in [-0.1, -0.05) is 41.6 Å². The maximum atomic E-state index is 13.7. The lowest BCUT2D eigenvalue weighted by molar-refractivity contribution is 0.0997. The predicted octanol–water partition coefficient (Wildman–Crippen LogP) is 7.37. The van der Waals surface area contributed by atoms with Crippen molar-refractivity contribution in [2.45, 2.75) is 26.4 Å². The van der Waals surface area contributed by atoms with Crippen molar-refractivity contribution in [1.82, 2.24) is 20.0 Å². The number of para-hydroxylation sites is 1. The molecule has 3 aromatic heterocycles. The van der Waals surface area contributed by atoms with Gasteiger partial charge in [0, 0.05) is 54.1 Å². The molecule has 13 nitrogen and oxygen atoms in total. The van der Waals surface area contributed by atoms with Gasteiger partial charge in [-0.3, -0.25) is 24.3 Å². The van der Waals surface area contributed by atoms with Crippen LogP contribution < -0.4 is 25.5 Å². The molecule has 0 bridgehead atoms. The molecule has 7 rings (SSSR count). The van der Waals surface area contributed by atoms with Crippen molar-refractivity contribution >= 4 is 45.5 Å². The highest BCUT2D eigenvalue weighted by Gasteiger charge is 2.21. The Morgan fingerprint density at radius 3 is 2.40 bits per heavy atom. The normalized spacial score (nSPS) is 11.1. The zero-order valence-corrected chi connectivity index (χ0v) is 31.0. The fraction of sp³-hybridized carbons (Fsp3) is 0.171. The highest BCUT2D eigenvalue weighted by molar-refractivity contribution is 7.09. The number of hydrogen-bond donors (Lipinski definition) is 2. The van der Waals surface area contributed by atoms with Gasteiger partial charge in [0.05, 0.1) is 36.4 Å². The number of nitrogens with zero attached hydrogens (tertiary/aromatic N) is 4. The fourth-order valence-electron chi connectivity index (χ4n) is 6.04. The van der Waals surface area contributed by atoms with E-state index < -0.39 is 11.8 Å². The fourth-order valence-corrected chi connectivity index (χ4v) is 6.68. The number of aryl methyl sites for hydroxylation is 1. The summed E-state index contributed by atoms with van der Waals surface area (Å²) in [5, 5.41) is 9.89. The molecule has 0 saturated heterocycles. The lowest BCUT2D eigenvalue weighted by Gasteiger charge is -2.22. The first kappa shape index (κ1) is 36.7. The van der Waals surface area contributed by atoms with Crippen molar-refractivity contribution in [2.24, 2.45) is 0 Å². The Morgan fingerprint density at radius 2 is 1.65 bits per heavy atom. The topological polar surface area (TPSA) is 162 Å². The Labute approximate surface area is 319 Å². The van der Waals surface area contributed by atoms with Crippen LogP contribution in [0.1, 0.15) is 42.7 Å². The highest BCUT2D eigenvalue weighted by atomic mass is 32.1. The summed E-state index contributed by atoms with van der Waals surface area (Å²) < 4.78 is 22.0. The number of ether oxygens (including phenoxy) is 2. The van der Waals surface area contributed by atoms with Crippen LogP contribution in [-0.2, 0) is 19.5 Å². The number of anilines is 2. The maximum absolute atomic E-state index is 13.7. The molecule has 0 aliphatic rings. The molecule has 2 N–H and O–H groups in total. The lowest BCUT2D eigenvalue weighted by atomic mass is 10.1. The molecular formula is C41H36N6O7S. The SMILES string of the molecule is COc1cc(NC(=O)c2cc(=O)c3ccccc3o2)c(C(=O)Nc2ccc(CCN(Cc3cccc(-c4nc(C)no4)c3)Cc3cncs3)cc2)cc1OC. The predicted molar refractivity (Wildman–Crippen MR) is 209 cm³/mol. The molecule has 2 amide bonds. The molecule has 4 aromatic carbocycles. The van der Waals surface area contributed by atoms with Gasteiger partial charge >= 0.3 is 0 Å². The first-order valence-electron chi connectivity index (χ1n) is 17.3. The number of hydrogen-bond acceptors (Lipinski definition) is 12. The second-order valence-electron chi connectivity index (χ2n) is 12.6. The van der Waals surface area contributed by atoms with E-state index in [1.54, 1.807) is 42.5 Å². The third kappa shape index (κ3) is 8.78. The van der Waals surface area contributed by atoms with Gasteiger partial charge in [-0.05, 0) is 66.9 Å². The Hall–Kier alpha value is -6.64. The number of fused-ring (bicyclic) bond motifs is 1. The van der Waals surface area contributed by atoms with Crippen LogP contribution in [0.4, 0.5) is 11.4 Å². The summed E-state index contributed by atoms with van der Waals surface area (Å²) in [5.41, 5.74) is 5.59. The van der Waals surface area contributed by atoms with Gasteiger partial charge in [-0.15, -0.1) is 11.3 Å². The Balaban J connectivity index is 1.05. The molecule has 0 radical (unpaired) electrons. The van der Waals surface area contributed by atoms with E-state index in [1.807, 2.05) is 48.1 Å². The minimum absolute atomic E-state index is 0.107. The summed E-state index contributed by atoms with van der Waals surface area (Å²) in [6.45, 7) is 3.99. The van der Waals surface area contributed by atoms with E-state index in [1.165, 1.54) is 26.4 Å². The average molecular weight is 757 g/mol. The van der Waals surface area contributed by atoms with Crippen LogP contribution in [0.5, 0.6) is 11.5 Å².